The molecule has 0 amide bonds. The normalized spacial score (nSPS) is 46.2. The molecule has 0 bridgehead atoms. The van der Waals surface area contributed by atoms with E-state index < -0.39 is 18.0 Å². The van der Waals surface area contributed by atoms with Crippen molar-refractivity contribution in [3.63, 3.8) is 0 Å². The van der Waals surface area contributed by atoms with Gasteiger partial charge in [0, 0.05) is 19.4 Å². The van der Waals surface area contributed by atoms with E-state index in [1.807, 2.05) is 0 Å². The molecule has 2 saturated heterocycles. The molecule has 0 aromatic rings. The van der Waals surface area contributed by atoms with Gasteiger partial charge < -0.3 is 24.8 Å². The minimum atomic E-state index is -1.03. The first-order valence-corrected chi connectivity index (χ1v) is 5.47. The fourth-order valence-corrected chi connectivity index (χ4v) is 2.37. The van der Waals surface area contributed by atoms with Crippen LogP contribution in [-0.4, -0.2) is 52.6 Å². The third-order valence-electron chi connectivity index (χ3n) is 3.15. The van der Waals surface area contributed by atoms with Crippen LogP contribution < -0.4 is 0 Å². The zero-order valence-corrected chi connectivity index (χ0v) is 8.63. The number of ether oxygens (including phenoxy) is 2. The van der Waals surface area contributed by atoms with E-state index in [9.17, 15) is 10.2 Å². The lowest BCUT2D eigenvalue weighted by Crippen LogP contribution is -2.57. The topological polar surface area (TPSA) is 79.2 Å². The zero-order valence-electron chi connectivity index (χ0n) is 8.63. The molecule has 88 valence electrons. The first-order chi connectivity index (χ1) is 7.18. The van der Waals surface area contributed by atoms with Crippen LogP contribution >= 0.6 is 0 Å². The number of aliphatic hydroxyl groups is 3. The largest absolute Gasteiger partial charge is 0.396 e. The molecule has 2 rings (SSSR count). The van der Waals surface area contributed by atoms with Gasteiger partial charge in [-0.25, -0.2) is 0 Å². The summed E-state index contributed by atoms with van der Waals surface area (Å²) in [5.74, 6) is -1.03. The van der Waals surface area contributed by atoms with Crippen molar-refractivity contribution >= 4 is 0 Å². The van der Waals surface area contributed by atoms with Gasteiger partial charge in [-0.2, -0.15) is 0 Å². The van der Waals surface area contributed by atoms with E-state index in [1.54, 1.807) is 0 Å². The second-order valence-electron chi connectivity index (χ2n) is 4.26. The average molecular weight is 218 g/mol. The van der Waals surface area contributed by atoms with Crippen molar-refractivity contribution in [2.75, 3.05) is 13.2 Å². The minimum Gasteiger partial charge on any atom is -0.396 e. The maximum Gasteiger partial charge on any atom is 0.197 e. The number of rotatable bonds is 2. The quantitative estimate of drug-likeness (QED) is 0.576. The Morgan fingerprint density at radius 2 is 2.13 bits per heavy atom. The van der Waals surface area contributed by atoms with Crippen LogP contribution in [0.25, 0.3) is 0 Å². The van der Waals surface area contributed by atoms with Crippen molar-refractivity contribution in [3.8, 4) is 0 Å². The van der Waals surface area contributed by atoms with E-state index in [-0.39, 0.29) is 12.7 Å². The Bertz CT molecular complexity index is 214. The van der Waals surface area contributed by atoms with Crippen LogP contribution in [0.15, 0.2) is 0 Å². The van der Waals surface area contributed by atoms with Crippen LogP contribution in [0.2, 0.25) is 0 Å². The monoisotopic (exact) mass is 218 g/mol. The second-order valence-corrected chi connectivity index (χ2v) is 4.26. The van der Waals surface area contributed by atoms with Crippen LogP contribution in [0.1, 0.15) is 25.7 Å². The SMILES string of the molecule is OCC[C@@H]1C[C@@H](O)[C@H](O)[C@@]2(CCCO2)O1. The Labute approximate surface area is 88.6 Å². The van der Waals surface area contributed by atoms with Gasteiger partial charge in [-0.15, -0.1) is 0 Å². The highest BCUT2D eigenvalue weighted by atomic mass is 16.7. The molecule has 3 N–H and O–H groups in total. The molecule has 0 radical (unpaired) electrons. The van der Waals surface area contributed by atoms with Gasteiger partial charge in [-0.1, -0.05) is 0 Å². The molecule has 2 aliphatic rings. The van der Waals surface area contributed by atoms with Crippen LogP contribution in [0.3, 0.4) is 0 Å². The first kappa shape index (κ1) is 11.3. The Morgan fingerprint density at radius 1 is 1.33 bits per heavy atom. The smallest absolute Gasteiger partial charge is 0.197 e. The van der Waals surface area contributed by atoms with Gasteiger partial charge in [0.15, 0.2) is 5.79 Å². The van der Waals surface area contributed by atoms with Crippen molar-refractivity contribution < 1.29 is 24.8 Å². The number of hydrogen-bond acceptors (Lipinski definition) is 5. The highest BCUT2D eigenvalue weighted by Crippen LogP contribution is 2.38. The molecular formula is C10H18O5. The fraction of sp³-hybridized carbons (Fsp3) is 1.00. The third-order valence-corrected chi connectivity index (χ3v) is 3.15. The van der Waals surface area contributed by atoms with Crippen molar-refractivity contribution in [2.45, 2.75) is 49.8 Å². The summed E-state index contributed by atoms with van der Waals surface area (Å²) in [6, 6.07) is 0. The Balaban J connectivity index is 2.07. The van der Waals surface area contributed by atoms with Gasteiger partial charge in [-0.3, -0.25) is 0 Å². The molecule has 4 atom stereocenters. The van der Waals surface area contributed by atoms with Gasteiger partial charge in [-0.05, 0) is 12.8 Å². The summed E-state index contributed by atoms with van der Waals surface area (Å²) in [6.07, 6.45) is 0.222. The second kappa shape index (κ2) is 4.35. The molecule has 2 heterocycles. The van der Waals surface area contributed by atoms with E-state index in [0.717, 1.165) is 6.42 Å². The van der Waals surface area contributed by atoms with E-state index in [4.69, 9.17) is 14.6 Å². The summed E-state index contributed by atoms with van der Waals surface area (Å²) in [6.45, 7) is 0.569. The molecule has 5 heteroatoms. The summed E-state index contributed by atoms with van der Waals surface area (Å²) in [5, 5.41) is 28.4. The van der Waals surface area contributed by atoms with Crippen LogP contribution in [0, 0.1) is 0 Å². The maximum atomic E-state index is 9.85. The van der Waals surface area contributed by atoms with E-state index in [2.05, 4.69) is 0 Å². The number of hydrogen-bond donors (Lipinski definition) is 3. The third kappa shape index (κ3) is 2.03. The summed E-state index contributed by atoms with van der Waals surface area (Å²) in [5.41, 5.74) is 0. The van der Waals surface area contributed by atoms with Gasteiger partial charge >= 0.3 is 0 Å². The molecule has 2 fully saturated rings. The van der Waals surface area contributed by atoms with Crippen LogP contribution in [0.5, 0.6) is 0 Å². The Morgan fingerprint density at radius 3 is 2.73 bits per heavy atom. The average Bonchev–Trinajstić information content (AvgIpc) is 2.64. The molecule has 2 aliphatic heterocycles. The highest BCUT2D eigenvalue weighted by Gasteiger charge is 2.51. The van der Waals surface area contributed by atoms with Crippen molar-refractivity contribution in [3.05, 3.63) is 0 Å². The minimum absolute atomic E-state index is 0.0174. The van der Waals surface area contributed by atoms with Crippen LogP contribution in [-0.2, 0) is 9.47 Å². The zero-order chi connectivity index (χ0) is 10.9. The van der Waals surface area contributed by atoms with Crippen molar-refractivity contribution in [1.82, 2.24) is 0 Å². The van der Waals surface area contributed by atoms with Crippen molar-refractivity contribution in [2.24, 2.45) is 0 Å². The van der Waals surface area contributed by atoms with Crippen LogP contribution in [0.4, 0.5) is 0 Å². The molecule has 0 aromatic carbocycles. The molecule has 15 heavy (non-hydrogen) atoms. The molecule has 1 spiro atoms. The lowest BCUT2D eigenvalue weighted by Gasteiger charge is -2.43. The molecule has 0 saturated carbocycles. The summed E-state index contributed by atoms with van der Waals surface area (Å²) in [7, 11) is 0. The standard InChI is InChI=1S/C10H18O5/c11-4-2-7-6-8(12)9(13)10(15-7)3-1-5-14-10/h7-9,11-13H,1-6H2/t7-,8-,9+,10-/m1/s1. The van der Waals surface area contributed by atoms with E-state index in [1.165, 1.54) is 0 Å². The Kier molecular flexibility index (Phi) is 3.27. The van der Waals surface area contributed by atoms with Crippen molar-refractivity contribution in [1.29, 1.82) is 0 Å². The fourth-order valence-electron chi connectivity index (χ4n) is 2.37. The predicted octanol–water partition coefficient (Wildman–Crippen LogP) is -0.614. The first-order valence-electron chi connectivity index (χ1n) is 5.47. The number of aliphatic hydroxyl groups excluding tert-OH is 3. The lowest BCUT2D eigenvalue weighted by atomic mass is 9.92. The molecule has 0 unspecified atom stereocenters. The molecule has 5 nitrogen and oxygen atoms in total. The van der Waals surface area contributed by atoms with E-state index in [0.29, 0.717) is 25.9 Å². The van der Waals surface area contributed by atoms with Gasteiger partial charge in [0.25, 0.3) is 0 Å². The summed E-state index contributed by atoms with van der Waals surface area (Å²) >= 11 is 0. The van der Waals surface area contributed by atoms with E-state index >= 15 is 0 Å². The maximum absolute atomic E-state index is 9.85. The lowest BCUT2D eigenvalue weighted by molar-refractivity contribution is -0.324. The molecule has 0 aromatic heterocycles. The van der Waals surface area contributed by atoms with Gasteiger partial charge in [0.05, 0.1) is 18.8 Å². The Hall–Kier alpha value is -0.200. The highest BCUT2D eigenvalue weighted by molar-refractivity contribution is 4.94. The summed E-state index contributed by atoms with van der Waals surface area (Å²) in [4.78, 5) is 0. The molecular weight excluding hydrogens is 200 g/mol. The predicted molar refractivity (Wildman–Crippen MR) is 51.1 cm³/mol. The van der Waals surface area contributed by atoms with Gasteiger partial charge in [0.2, 0.25) is 0 Å². The molecule has 0 aliphatic carbocycles. The summed E-state index contributed by atoms with van der Waals surface area (Å²) < 4.78 is 11.1. The van der Waals surface area contributed by atoms with Gasteiger partial charge in [0.1, 0.15) is 6.10 Å².